The van der Waals surface area contributed by atoms with Crippen molar-refractivity contribution >= 4 is 74.5 Å². The van der Waals surface area contributed by atoms with Gasteiger partial charge in [0.2, 0.25) is 5.43 Å². The van der Waals surface area contributed by atoms with Gasteiger partial charge in [0.1, 0.15) is 13.9 Å². The van der Waals surface area contributed by atoms with Crippen LogP contribution < -0.4 is 5.43 Å². The maximum Gasteiger partial charge on any atom is 0.261 e. The van der Waals surface area contributed by atoms with E-state index in [1.807, 2.05) is 72.8 Å². The molecule has 0 saturated heterocycles. The summed E-state index contributed by atoms with van der Waals surface area (Å²) in [7, 11) is -1.37. The summed E-state index contributed by atoms with van der Waals surface area (Å²) in [6.07, 6.45) is 0. The van der Waals surface area contributed by atoms with E-state index in [1.54, 1.807) is 0 Å². The van der Waals surface area contributed by atoms with Crippen molar-refractivity contribution in [2.45, 2.75) is 0 Å². The molecule has 0 aliphatic carbocycles. The van der Waals surface area contributed by atoms with Crippen LogP contribution >= 0.6 is 33.4 Å². The Labute approximate surface area is 170 Å². The van der Waals surface area contributed by atoms with Crippen LogP contribution in [0.5, 0.6) is 0 Å². The highest BCUT2D eigenvalue weighted by Gasteiger charge is 2.15. The van der Waals surface area contributed by atoms with Gasteiger partial charge in [-0.05, 0) is 29.0 Å². The van der Waals surface area contributed by atoms with Crippen molar-refractivity contribution in [3.63, 3.8) is 0 Å². The third-order valence-electron chi connectivity index (χ3n) is 5.11. The number of hydrogen-bond donors (Lipinski definition) is 0. The molecule has 6 aromatic rings. The van der Waals surface area contributed by atoms with Gasteiger partial charge in [0.15, 0.2) is 0 Å². The number of rotatable bonds is 0. The standard InChI is InChI=1S/C23H12O2S3/c24-21-15-9-1-5-13-6-2-10-16(19(13)15)26-22(21)23-27-17-11-3-7-14-8-4-12-18(20(14)17)28(23)25/h1-12H/b23-22+. The second-order valence-electron chi connectivity index (χ2n) is 6.69. The van der Waals surface area contributed by atoms with Crippen molar-refractivity contribution in [3.05, 3.63) is 91.4 Å². The summed E-state index contributed by atoms with van der Waals surface area (Å²) in [6, 6.07) is 23.9. The third-order valence-corrected chi connectivity index (χ3v) is 9.46. The predicted molar refractivity (Wildman–Crippen MR) is 121 cm³/mol. The SMILES string of the molecule is O=c1/c(=c2/sc3cccc4cccc(c43)[s+]2[O-])sc2cccc3cccc1c32. The van der Waals surface area contributed by atoms with Crippen LogP contribution in [0.2, 0.25) is 0 Å². The van der Waals surface area contributed by atoms with Crippen molar-refractivity contribution < 1.29 is 4.55 Å². The first-order valence-electron chi connectivity index (χ1n) is 8.82. The fourth-order valence-electron chi connectivity index (χ4n) is 3.87. The van der Waals surface area contributed by atoms with Gasteiger partial charge in [0.05, 0.1) is 16.7 Å². The molecule has 6 rings (SSSR count). The molecular formula is C23H12O2S3. The van der Waals surface area contributed by atoms with Crippen LogP contribution in [0, 0.1) is 8.38 Å². The Morgan fingerprint density at radius 3 is 2.07 bits per heavy atom. The van der Waals surface area contributed by atoms with Gasteiger partial charge in [0, 0.05) is 15.5 Å². The number of hydrogen-bond acceptors (Lipinski definition) is 4. The molecule has 0 spiro atoms. The zero-order valence-corrected chi connectivity index (χ0v) is 16.9. The quantitative estimate of drug-likeness (QED) is 0.256. The molecule has 5 heteroatoms. The van der Waals surface area contributed by atoms with E-state index in [0.717, 1.165) is 35.6 Å². The van der Waals surface area contributed by atoms with Gasteiger partial charge in [0.25, 0.3) is 3.85 Å². The molecule has 0 saturated carbocycles. The highest BCUT2D eigenvalue weighted by molar-refractivity contribution is 7.40. The molecule has 0 aliphatic rings. The minimum atomic E-state index is -1.37. The van der Waals surface area contributed by atoms with Gasteiger partial charge in [-0.2, -0.15) is 0 Å². The molecule has 2 heterocycles. The van der Waals surface area contributed by atoms with Crippen molar-refractivity contribution in [3.8, 4) is 0 Å². The van der Waals surface area contributed by atoms with Gasteiger partial charge in [-0.3, -0.25) is 4.79 Å². The zero-order chi connectivity index (χ0) is 18.8. The zero-order valence-electron chi connectivity index (χ0n) is 14.5. The molecule has 0 N–H and O–H groups in total. The van der Waals surface area contributed by atoms with Crippen LogP contribution in [0.25, 0.3) is 41.0 Å². The molecule has 1 unspecified atom stereocenters. The minimum absolute atomic E-state index is 0.0308. The van der Waals surface area contributed by atoms with Crippen molar-refractivity contribution in [2.24, 2.45) is 0 Å². The largest absolute Gasteiger partial charge is 0.687 e. The fourth-order valence-corrected chi connectivity index (χ4v) is 8.30. The van der Waals surface area contributed by atoms with Gasteiger partial charge >= 0.3 is 0 Å². The predicted octanol–water partition coefficient (Wildman–Crippen LogP) is 6.80. The van der Waals surface area contributed by atoms with Gasteiger partial charge in [-0.15, -0.1) is 22.1 Å². The summed E-state index contributed by atoms with van der Waals surface area (Å²) >= 11 is 2.92. The van der Waals surface area contributed by atoms with Crippen LogP contribution in [0.15, 0.2) is 77.6 Å². The third kappa shape index (κ3) is 2.19. The summed E-state index contributed by atoms with van der Waals surface area (Å²) in [4.78, 5) is 13.4. The Kier molecular flexibility index (Phi) is 3.49. The lowest BCUT2D eigenvalue weighted by Crippen LogP contribution is -2.02. The second-order valence-corrected chi connectivity index (χ2v) is 10.4. The van der Waals surface area contributed by atoms with Gasteiger partial charge in [-0.25, -0.2) is 0 Å². The van der Waals surface area contributed by atoms with Crippen molar-refractivity contribution in [2.75, 3.05) is 0 Å². The Bertz CT molecular complexity index is 1690. The van der Waals surface area contributed by atoms with Crippen molar-refractivity contribution in [1.82, 2.24) is 0 Å². The van der Waals surface area contributed by atoms with E-state index < -0.39 is 10.8 Å². The molecule has 0 amide bonds. The maximum atomic E-state index is 13.5. The first-order chi connectivity index (χ1) is 13.7. The van der Waals surface area contributed by atoms with E-state index >= 15 is 0 Å². The Morgan fingerprint density at radius 2 is 1.32 bits per heavy atom. The smallest absolute Gasteiger partial charge is 0.261 e. The molecule has 28 heavy (non-hydrogen) atoms. The molecular weight excluding hydrogens is 404 g/mol. The summed E-state index contributed by atoms with van der Waals surface area (Å²) in [5, 5.41) is 4.88. The average molecular weight is 417 g/mol. The highest BCUT2D eigenvalue weighted by atomic mass is 32.2. The summed E-state index contributed by atoms with van der Waals surface area (Å²) in [5.41, 5.74) is -0.0308. The molecule has 0 aliphatic heterocycles. The molecule has 2 nitrogen and oxygen atoms in total. The van der Waals surface area contributed by atoms with Crippen LogP contribution in [0.4, 0.5) is 0 Å². The molecule has 4 aromatic carbocycles. The maximum absolute atomic E-state index is 13.5. The number of benzene rings is 4. The Morgan fingerprint density at radius 1 is 0.714 bits per heavy atom. The molecule has 134 valence electrons. The molecule has 0 fully saturated rings. The van der Waals surface area contributed by atoms with E-state index in [-0.39, 0.29) is 5.43 Å². The summed E-state index contributed by atoms with van der Waals surface area (Å²) in [6.45, 7) is 0. The molecule has 0 bridgehead atoms. The minimum Gasteiger partial charge on any atom is -0.687 e. The van der Waals surface area contributed by atoms with E-state index in [9.17, 15) is 9.35 Å². The van der Waals surface area contributed by atoms with Crippen LogP contribution in [0.3, 0.4) is 0 Å². The first-order valence-corrected chi connectivity index (χ1v) is 11.6. The van der Waals surface area contributed by atoms with Crippen molar-refractivity contribution in [1.29, 1.82) is 0 Å². The summed E-state index contributed by atoms with van der Waals surface area (Å²) < 4.78 is 17.6. The van der Waals surface area contributed by atoms with Crippen LogP contribution in [-0.4, -0.2) is 4.55 Å². The van der Waals surface area contributed by atoms with Gasteiger partial charge < -0.3 is 4.55 Å². The topological polar surface area (TPSA) is 40.1 Å². The van der Waals surface area contributed by atoms with Crippen LogP contribution in [-0.2, 0) is 0 Å². The lowest BCUT2D eigenvalue weighted by Gasteiger charge is -2.07. The van der Waals surface area contributed by atoms with Crippen LogP contribution in [0.1, 0.15) is 0 Å². The molecule has 0 radical (unpaired) electrons. The highest BCUT2D eigenvalue weighted by Crippen LogP contribution is 2.39. The molecule has 1 atom stereocenters. The lowest BCUT2D eigenvalue weighted by molar-refractivity contribution is 0.599. The van der Waals surface area contributed by atoms with Gasteiger partial charge in [-0.1, -0.05) is 54.6 Å². The first kappa shape index (κ1) is 16.4. The lowest BCUT2D eigenvalue weighted by atomic mass is 10.1. The monoisotopic (exact) mass is 416 g/mol. The summed E-state index contributed by atoms with van der Waals surface area (Å²) in [5.74, 6) is 0. The molecule has 2 aromatic heterocycles. The fraction of sp³-hybridized carbons (Fsp3) is 0. The van der Waals surface area contributed by atoms with E-state index in [1.165, 1.54) is 22.7 Å². The Hall–Kier alpha value is -2.57. The normalized spacial score (nSPS) is 13.8. The van der Waals surface area contributed by atoms with E-state index in [2.05, 4.69) is 0 Å². The average Bonchev–Trinajstić information content (AvgIpc) is 2.73. The van der Waals surface area contributed by atoms with E-state index in [4.69, 9.17) is 0 Å². The second kappa shape index (κ2) is 5.96. The van der Waals surface area contributed by atoms with E-state index in [0.29, 0.717) is 13.8 Å². The Balaban J connectivity index is 1.96.